The van der Waals surface area contributed by atoms with Crippen LogP contribution < -0.4 is 5.73 Å². The van der Waals surface area contributed by atoms with E-state index in [0.29, 0.717) is 12.1 Å². The predicted molar refractivity (Wildman–Crippen MR) is 57.1 cm³/mol. The van der Waals surface area contributed by atoms with E-state index in [0.717, 1.165) is 13.1 Å². The van der Waals surface area contributed by atoms with Crippen LogP contribution in [0.4, 0.5) is 0 Å². The van der Waals surface area contributed by atoms with Crippen molar-refractivity contribution in [3.63, 3.8) is 0 Å². The van der Waals surface area contributed by atoms with Gasteiger partial charge in [0.2, 0.25) is 0 Å². The van der Waals surface area contributed by atoms with E-state index in [-0.39, 0.29) is 0 Å². The quantitative estimate of drug-likeness (QED) is 0.720. The Bertz CT molecular complexity index is 342. The standard InChI is InChI=1S/C12H16N2/c13-10-7-14(8-10)12-6-5-9-3-1-2-4-11(9)12/h1-4,10,12H,5-8,13H2. The molecule has 2 nitrogen and oxygen atoms in total. The van der Waals surface area contributed by atoms with E-state index in [2.05, 4.69) is 29.2 Å². The van der Waals surface area contributed by atoms with Gasteiger partial charge in [-0.3, -0.25) is 4.90 Å². The number of fused-ring (bicyclic) bond motifs is 1. The van der Waals surface area contributed by atoms with Gasteiger partial charge in [-0.2, -0.15) is 0 Å². The molecule has 2 heteroatoms. The molecule has 0 bridgehead atoms. The lowest BCUT2D eigenvalue weighted by atomic mass is 10.0. The average molecular weight is 188 g/mol. The molecule has 1 aliphatic heterocycles. The Morgan fingerprint density at radius 1 is 1.21 bits per heavy atom. The Labute approximate surface area is 84.7 Å². The van der Waals surface area contributed by atoms with Crippen LogP contribution in [-0.2, 0) is 6.42 Å². The minimum absolute atomic E-state index is 0.419. The highest BCUT2D eigenvalue weighted by molar-refractivity contribution is 5.34. The highest BCUT2D eigenvalue weighted by Crippen LogP contribution is 2.37. The minimum atomic E-state index is 0.419. The number of hydrogen-bond donors (Lipinski definition) is 1. The van der Waals surface area contributed by atoms with Crippen LogP contribution in [0.2, 0.25) is 0 Å². The summed E-state index contributed by atoms with van der Waals surface area (Å²) in [6, 6.07) is 9.90. The molecule has 14 heavy (non-hydrogen) atoms. The molecule has 1 unspecified atom stereocenters. The molecule has 1 heterocycles. The molecular formula is C12H16N2. The Balaban J connectivity index is 1.84. The number of rotatable bonds is 1. The molecule has 2 aliphatic rings. The van der Waals surface area contributed by atoms with Gasteiger partial charge in [0.25, 0.3) is 0 Å². The van der Waals surface area contributed by atoms with Gasteiger partial charge in [-0.25, -0.2) is 0 Å². The highest BCUT2D eigenvalue weighted by Gasteiger charge is 2.34. The third-order valence-electron chi connectivity index (χ3n) is 3.48. The normalized spacial score (nSPS) is 27.4. The van der Waals surface area contributed by atoms with Crippen LogP contribution in [0.3, 0.4) is 0 Å². The molecule has 1 fully saturated rings. The monoisotopic (exact) mass is 188 g/mol. The molecule has 0 saturated carbocycles. The van der Waals surface area contributed by atoms with Crippen molar-refractivity contribution in [2.75, 3.05) is 13.1 Å². The summed E-state index contributed by atoms with van der Waals surface area (Å²) in [5, 5.41) is 0. The van der Waals surface area contributed by atoms with Gasteiger partial charge in [0.05, 0.1) is 0 Å². The smallest absolute Gasteiger partial charge is 0.0355 e. The molecule has 74 valence electrons. The van der Waals surface area contributed by atoms with Gasteiger partial charge in [0, 0.05) is 25.2 Å². The highest BCUT2D eigenvalue weighted by atomic mass is 15.2. The van der Waals surface area contributed by atoms with Crippen molar-refractivity contribution in [3.8, 4) is 0 Å². The Hall–Kier alpha value is -0.860. The molecule has 0 spiro atoms. The third kappa shape index (κ3) is 1.18. The first-order valence-electron chi connectivity index (χ1n) is 5.42. The lowest BCUT2D eigenvalue weighted by Gasteiger charge is -2.41. The van der Waals surface area contributed by atoms with Crippen LogP contribution in [0.5, 0.6) is 0 Å². The molecule has 0 amide bonds. The van der Waals surface area contributed by atoms with E-state index in [1.54, 1.807) is 5.56 Å². The molecule has 1 saturated heterocycles. The fraction of sp³-hybridized carbons (Fsp3) is 0.500. The summed E-state index contributed by atoms with van der Waals surface area (Å²) in [4.78, 5) is 2.51. The maximum absolute atomic E-state index is 5.81. The summed E-state index contributed by atoms with van der Waals surface area (Å²) in [6.07, 6.45) is 2.53. The van der Waals surface area contributed by atoms with Crippen LogP contribution in [0.25, 0.3) is 0 Å². The molecule has 3 rings (SSSR count). The summed E-state index contributed by atoms with van der Waals surface area (Å²) in [5.74, 6) is 0. The second kappa shape index (κ2) is 3.07. The summed E-state index contributed by atoms with van der Waals surface area (Å²) in [6.45, 7) is 2.16. The second-order valence-corrected chi connectivity index (χ2v) is 4.47. The van der Waals surface area contributed by atoms with Gasteiger partial charge in [0.15, 0.2) is 0 Å². The number of aryl methyl sites for hydroxylation is 1. The van der Waals surface area contributed by atoms with Crippen LogP contribution in [0.15, 0.2) is 24.3 Å². The summed E-state index contributed by atoms with van der Waals surface area (Å²) in [5.41, 5.74) is 8.90. The number of nitrogens with zero attached hydrogens (tertiary/aromatic N) is 1. The van der Waals surface area contributed by atoms with Gasteiger partial charge in [-0.1, -0.05) is 24.3 Å². The lowest BCUT2D eigenvalue weighted by Crippen LogP contribution is -2.56. The first-order chi connectivity index (χ1) is 6.84. The van der Waals surface area contributed by atoms with E-state index >= 15 is 0 Å². The van der Waals surface area contributed by atoms with E-state index in [4.69, 9.17) is 5.73 Å². The fourth-order valence-electron chi connectivity index (χ4n) is 2.72. The second-order valence-electron chi connectivity index (χ2n) is 4.47. The molecule has 1 aliphatic carbocycles. The first kappa shape index (κ1) is 8.45. The molecule has 1 aromatic carbocycles. The molecule has 0 aromatic heterocycles. The van der Waals surface area contributed by atoms with Crippen LogP contribution in [0.1, 0.15) is 23.6 Å². The summed E-state index contributed by atoms with van der Waals surface area (Å²) in [7, 11) is 0. The zero-order chi connectivity index (χ0) is 9.54. The first-order valence-corrected chi connectivity index (χ1v) is 5.42. The van der Waals surface area contributed by atoms with Crippen LogP contribution in [-0.4, -0.2) is 24.0 Å². The van der Waals surface area contributed by atoms with Gasteiger partial charge in [0.1, 0.15) is 0 Å². The average Bonchev–Trinajstić information content (AvgIpc) is 2.56. The maximum Gasteiger partial charge on any atom is 0.0355 e. The van der Waals surface area contributed by atoms with Crippen molar-refractivity contribution in [1.82, 2.24) is 4.90 Å². The lowest BCUT2D eigenvalue weighted by molar-refractivity contribution is 0.0942. The van der Waals surface area contributed by atoms with Crippen LogP contribution >= 0.6 is 0 Å². The third-order valence-corrected chi connectivity index (χ3v) is 3.48. The number of nitrogens with two attached hydrogens (primary N) is 1. The van der Waals surface area contributed by atoms with Gasteiger partial charge in [-0.05, 0) is 24.0 Å². The molecule has 1 aromatic rings. The van der Waals surface area contributed by atoms with Crippen molar-refractivity contribution < 1.29 is 0 Å². The van der Waals surface area contributed by atoms with E-state index < -0.39 is 0 Å². The van der Waals surface area contributed by atoms with Crippen molar-refractivity contribution in [3.05, 3.63) is 35.4 Å². The fourth-order valence-corrected chi connectivity index (χ4v) is 2.72. The largest absolute Gasteiger partial charge is 0.325 e. The number of likely N-dealkylation sites (tertiary alicyclic amines) is 1. The van der Waals surface area contributed by atoms with E-state index in [1.165, 1.54) is 18.4 Å². The van der Waals surface area contributed by atoms with Crippen LogP contribution in [0, 0.1) is 0 Å². The van der Waals surface area contributed by atoms with E-state index in [1.807, 2.05) is 0 Å². The SMILES string of the molecule is NC1CN(C2CCc3ccccc32)C1. The summed E-state index contributed by atoms with van der Waals surface area (Å²) >= 11 is 0. The summed E-state index contributed by atoms with van der Waals surface area (Å²) < 4.78 is 0. The minimum Gasteiger partial charge on any atom is -0.325 e. The van der Waals surface area contributed by atoms with Crippen molar-refractivity contribution in [2.45, 2.75) is 24.9 Å². The molecule has 1 atom stereocenters. The zero-order valence-electron chi connectivity index (χ0n) is 8.32. The van der Waals surface area contributed by atoms with Gasteiger partial charge in [-0.15, -0.1) is 0 Å². The van der Waals surface area contributed by atoms with Crippen molar-refractivity contribution >= 4 is 0 Å². The van der Waals surface area contributed by atoms with E-state index in [9.17, 15) is 0 Å². The molecule has 2 N–H and O–H groups in total. The van der Waals surface area contributed by atoms with Gasteiger partial charge < -0.3 is 5.73 Å². The Morgan fingerprint density at radius 2 is 2.00 bits per heavy atom. The Kier molecular flexibility index (Phi) is 1.85. The van der Waals surface area contributed by atoms with Gasteiger partial charge >= 0.3 is 0 Å². The molecule has 0 radical (unpaired) electrons. The zero-order valence-corrected chi connectivity index (χ0v) is 8.32. The Morgan fingerprint density at radius 3 is 2.79 bits per heavy atom. The maximum atomic E-state index is 5.81. The number of benzene rings is 1. The predicted octanol–water partition coefficient (Wildman–Crippen LogP) is 1.32. The van der Waals surface area contributed by atoms with Crippen molar-refractivity contribution in [2.24, 2.45) is 5.73 Å². The number of hydrogen-bond acceptors (Lipinski definition) is 2. The topological polar surface area (TPSA) is 29.3 Å². The van der Waals surface area contributed by atoms with Crippen molar-refractivity contribution in [1.29, 1.82) is 0 Å². The molecular weight excluding hydrogens is 172 g/mol.